The monoisotopic (exact) mass is 438 g/mol. The van der Waals surface area contributed by atoms with Crippen molar-refractivity contribution in [2.24, 2.45) is 0 Å². The molecule has 2 aromatic carbocycles. The van der Waals surface area contributed by atoms with Crippen LogP contribution in [-0.2, 0) is 22.3 Å². The number of hydrogen-bond donors (Lipinski definition) is 0. The molecule has 0 saturated heterocycles. The summed E-state index contributed by atoms with van der Waals surface area (Å²) in [5, 5.41) is 0. The summed E-state index contributed by atoms with van der Waals surface area (Å²) in [6.45, 7) is 4.21. The minimum Gasteiger partial charge on any atom is -0.458 e. The first-order valence-corrected chi connectivity index (χ1v) is 10.6. The number of hydrogen-bond acceptors (Lipinski definition) is 4. The van der Waals surface area contributed by atoms with E-state index in [1.54, 1.807) is 12.1 Å². The summed E-state index contributed by atoms with van der Waals surface area (Å²) >= 11 is 0. The Kier molecular flexibility index (Phi) is 17.4. The van der Waals surface area contributed by atoms with Crippen molar-refractivity contribution in [3.63, 3.8) is 0 Å². The topological polar surface area (TPSA) is 52.6 Å². The first-order chi connectivity index (χ1) is 13.0. The van der Waals surface area contributed by atoms with Crippen molar-refractivity contribution < 1.29 is 19.1 Å². The van der Waals surface area contributed by atoms with E-state index >= 15 is 0 Å². The van der Waals surface area contributed by atoms with Crippen molar-refractivity contribution >= 4 is 30.4 Å². The Morgan fingerprint density at radius 3 is 1.41 bits per heavy atom. The summed E-state index contributed by atoms with van der Waals surface area (Å²) in [6, 6.07) is 15.1. The average Bonchev–Trinajstić information content (AvgIpc) is 2.70. The van der Waals surface area contributed by atoms with Crippen molar-refractivity contribution in [3.05, 3.63) is 70.8 Å². The van der Waals surface area contributed by atoms with Crippen LogP contribution < -0.4 is 0 Å². The minimum absolute atomic E-state index is 0. The van der Waals surface area contributed by atoms with E-state index < -0.39 is 0 Å². The summed E-state index contributed by atoms with van der Waals surface area (Å²) in [5.74, 6) is -0.527. The van der Waals surface area contributed by atoms with E-state index in [2.05, 4.69) is 32.3 Å². The lowest BCUT2D eigenvalue weighted by Crippen LogP contribution is -2.03. The van der Waals surface area contributed by atoms with E-state index in [4.69, 9.17) is 9.47 Å². The molecule has 2 atom stereocenters. The van der Waals surface area contributed by atoms with Gasteiger partial charge in [-0.3, -0.25) is 0 Å². The highest BCUT2D eigenvalue weighted by Crippen LogP contribution is 2.08. The quantitative estimate of drug-likeness (QED) is 0.385. The first-order valence-electron chi connectivity index (χ1n) is 8.97. The van der Waals surface area contributed by atoms with Crippen LogP contribution in [0.4, 0.5) is 0 Å². The van der Waals surface area contributed by atoms with Crippen LogP contribution >= 0.6 is 18.5 Å². The molecule has 0 aromatic heterocycles. The Hall–Kier alpha value is -1.76. The number of esters is 2. The largest absolute Gasteiger partial charge is 0.458 e. The van der Waals surface area contributed by atoms with Crippen LogP contribution in [0.2, 0.25) is 0 Å². The highest BCUT2D eigenvalue weighted by atomic mass is 31.0. The molecule has 0 N–H and O–H groups in total. The van der Waals surface area contributed by atoms with E-state index in [0.717, 1.165) is 19.3 Å². The summed E-state index contributed by atoms with van der Waals surface area (Å²) in [5.41, 5.74) is 3.71. The predicted molar refractivity (Wildman–Crippen MR) is 130 cm³/mol. The van der Waals surface area contributed by atoms with E-state index in [1.165, 1.54) is 11.1 Å². The maximum atomic E-state index is 11.3. The Bertz CT molecular complexity index is 698. The van der Waals surface area contributed by atoms with Gasteiger partial charge in [-0.15, -0.1) is 0 Å². The predicted octanol–water partition coefficient (Wildman–Crippen LogP) is 6.14. The molecular formula is C23H36O4P2. The Morgan fingerprint density at radius 1 is 0.724 bits per heavy atom. The summed E-state index contributed by atoms with van der Waals surface area (Å²) in [6.07, 6.45) is 3.84. The SMILES string of the molecule is C.C.CCCc1ccc(C(=O)OCP)cc1.CCc1ccc(C(=O)OCP)cc1. The Balaban J connectivity index is 0. The molecule has 162 valence electrons. The van der Waals surface area contributed by atoms with Gasteiger partial charge in [0.1, 0.15) is 12.7 Å². The lowest BCUT2D eigenvalue weighted by molar-refractivity contribution is 0.0569. The molecule has 0 heterocycles. The Labute approximate surface area is 181 Å². The van der Waals surface area contributed by atoms with Gasteiger partial charge in [0.25, 0.3) is 0 Å². The van der Waals surface area contributed by atoms with E-state index in [-0.39, 0.29) is 26.8 Å². The number of rotatable bonds is 7. The van der Waals surface area contributed by atoms with E-state index in [0.29, 0.717) is 23.8 Å². The van der Waals surface area contributed by atoms with Crippen LogP contribution in [0.1, 0.15) is 67.0 Å². The molecule has 0 bridgehead atoms. The van der Waals surface area contributed by atoms with Gasteiger partial charge in [-0.05, 0) is 48.2 Å². The average molecular weight is 438 g/mol. The van der Waals surface area contributed by atoms with Crippen LogP contribution in [-0.4, -0.2) is 24.6 Å². The van der Waals surface area contributed by atoms with E-state index in [1.807, 2.05) is 36.4 Å². The molecule has 0 saturated carbocycles. The van der Waals surface area contributed by atoms with Crippen molar-refractivity contribution in [2.45, 2.75) is 48.0 Å². The number of aryl methyl sites for hydroxylation is 2. The van der Waals surface area contributed by atoms with Crippen LogP contribution in [0.3, 0.4) is 0 Å². The highest BCUT2D eigenvalue weighted by Gasteiger charge is 2.05. The molecule has 0 amide bonds. The van der Waals surface area contributed by atoms with Gasteiger partial charge >= 0.3 is 11.9 Å². The van der Waals surface area contributed by atoms with Gasteiger partial charge in [0.2, 0.25) is 0 Å². The fourth-order valence-electron chi connectivity index (χ4n) is 2.29. The minimum atomic E-state index is -0.266. The van der Waals surface area contributed by atoms with Crippen LogP contribution in [0.5, 0.6) is 0 Å². The molecule has 0 fully saturated rings. The first kappa shape index (κ1) is 29.4. The molecular weight excluding hydrogens is 402 g/mol. The van der Waals surface area contributed by atoms with Crippen LogP contribution in [0.15, 0.2) is 48.5 Å². The molecule has 0 aliphatic carbocycles. The zero-order valence-corrected chi connectivity index (χ0v) is 18.3. The number of carbonyl (C=O) groups is 2. The van der Waals surface area contributed by atoms with Crippen molar-refractivity contribution in [2.75, 3.05) is 12.7 Å². The second kappa shape index (κ2) is 17.1. The zero-order chi connectivity index (χ0) is 20.1. The molecule has 0 aliphatic rings. The van der Waals surface area contributed by atoms with Crippen molar-refractivity contribution in [1.29, 1.82) is 0 Å². The third-order valence-electron chi connectivity index (χ3n) is 3.76. The maximum Gasteiger partial charge on any atom is 0.338 e. The summed E-state index contributed by atoms with van der Waals surface area (Å²) in [4.78, 5) is 22.5. The third-order valence-corrected chi connectivity index (χ3v) is 4.09. The molecule has 0 aliphatic heterocycles. The van der Waals surface area contributed by atoms with Gasteiger partial charge in [-0.1, -0.05) is 77.9 Å². The third kappa shape index (κ3) is 11.1. The second-order valence-electron chi connectivity index (χ2n) is 5.69. The number of ether oxygens (including phenoxy) is 2. The number of carbonyl (C=O) groups excluding carboxylic acids is 2. The summed E-state index contributed by atoms with van der Waals surface area (Å²) < 4.78 is 9.68. The molecule has 2 unspecified atom stereocenters. The maximum absolute atomic E-state index is 11.3. The molecule has 4 nitrogen and oxygen atoms in total. The van der Waals surface area contributed by atoms with E-state index in [9.17, 15) is 9.59 Å². The van der Waals surface area contributed by atoms with Gasteiger partial charge in [0, 0.05) is 0 Å². The van der Waals surface area contributed by atoms with Crippen molar-refractivity contribution in [1.82, 2.24) is 0 Å². The number of benzene rings is 2. The molecule has 6 heteroatoms. The fraction of sp³-hybridized carbons (Fsp3) is 0.391. The van der Waals surface area contributed by atoms with Gasteiger partial charge in [0.05, 0.1) is 11.1 Å². The van der Waals surface area contributed by atoms with Crippen LogP contribution in [0, 0.1) is 0 Å². The standard InChI is InChI=1S/C11H15O2P.C10H13O2P.2CH4/c1-2-3-9-4-6-10(7-5-9)11(12)13-8-14;1-2-8-3-5-9(6-4-8)10(11)12-7-13;;/h4-7H,2-3,8,14H2,1H3;3-6H,2,7,13H2,1H3;2*1H4. The molecule has 2 rings (SSSR count). The van der Waals surface area contributed by atoms with Gasteiger partial charge in [-0.2, -0.15) is 0 Å². The summed E-state index contributed by atoms with van der Waals surface area (Å²) in [7, 11) is 4.71. The molecule has 2 aromatic rings. The van der Waals surface area contributed by atoms with Gasteiger partial charge in [-0.25, -0.2) is 9.59 Å². The van der Waals surface area contributed by atoms with Gasteiger partial charge < -0.3 is 9.47 Å². The lowest BCUT2D eigenvalue weighted by Gasteiger charge is -2.02. The lowest BCUT2D eigenvalue weighted by atomic mass is 10.1. The van der Waals surface area contributed by atoms with Gasteiger partial charge in [0.15, 0.2) is 0 Å². The van der Waals surface area contributed by atoms with Crippen LogP contribution in [0.25, 0.3) is 0 Å². The highest BCUT2D eigenvalue weighted by molar-refractivity contribution is 7.16. The molecule has 29 heavy (non-hydrogen) atoms. The zero-order valence-electron chi connectivity index (χ0n) is 15.9. The van der Waals surface area contributed by atoms with Crippen molar-refractivity contribution in [3.8, 4) is 0 Å². The Morgan fingerprint density at radius 2 is 1.10 bits per heavy atom. The molecule has 0 radical (unpaired) electrons. The second-order valence-corrected chi connectivity index (χ2v) is 6.36. The smallest absolute Gasteiger partial charge is 0.338 e. The fourth-order valence-corrected chi connectivity index (χ4v) is 2.59. The molecule has 0 spiro atoms. The normalized spacial score (nSPS) is 9.10.